The first-order valence-electron chi connectivity index (χ1n) is 16.0. The number of alkyl carbamates (subject to hydrolysis) is 1. The minimum atomic E-state index is -3.95. The van der Waals surface area contributed by atoms with Crippen molar-refractivity contribution in [2.45, 2.75) is 120 Å². The average molecular weight is 702 g/mol. The molecule has 0 spiro atoms. The van der Waals surface area contributed by atoms with Crippen LogP contribution in [0.3, 0.4) is 0 Å². The van der Waals surface area contributed by atoms with Crippen LogP contribution in [0.4, 0.5) is 4.79 Å². The molecule has 3 aliphatic carbocycles. The molecular weight excluding hydrogens is 655 g/mol. The quantitative estimate of drug-likeness (QED) is 0.212. The molecule has 0 aliphatic heterocycles. The highest BCUT2D eigenvalue weighted by molar-refractivity contribution is 7.89. The summed E-state index contributed by atoms with van der Waals surface area (Å²) in [5.41, 5.74) is 0.924. The molecule has 0 radical (unpaired) electrons. The van der Waals surface area contributed by atoms with Crippen LogP contribution < -0.4 is 10.0 Å². The van der Waals surface area contributed by atoms with Crippen molar-refractivity contribution in [1.82, 2.24) is 15.0 Å². The van der Waals surface area contributed by atoms with Gasteiger partial charge in [-0.2, -0.15) is 13.5 Å². The van der Waals surface area contributed by atoms with Gasteiger partial charge in [0.05, 0.1) is 27.3 Å². The second-order valence-electron chi connectivity index (χ2n) is 14.1. The number of esters is 1. The first-order valence-corrected chi connectivity index (χ1v) is 18.3. The standard InChI is InChI=1S/C35H45N3O6S2.H2S/c1-23(2)43-32(40)37-35-17-14-34(15-18-35,16-19-35)31-36-22-28(45-31)27-13-12-25(20-29(27)46(41,42)38-33(4,5)6)21-30(39)44-24(3)26-10-8-7-9-11-26;/h7-13,20,22-24,38H,14-19,21H2,1-6H3,(H,37,40);1H2/t24-,34?,35?;/m0./s1. The lowest BCUT2D eigenvalue weighted by Gasteiger charge is -2.52. The molecule has 3 aromatic rings. The Kier molecular flexibility index (Phi) is 11.2. The molecule has 1 atom stereocenters. The number of thiazole rings is 1. The van der Waals surface area contributed by atoms with E-state index in [2.05, 4.69) is 10.0 Å². The SMILES string of the molecule is CC(C)OC(=O)NC12CCC(c3ncc(-c4ccc(CC(=O)O[C@@H](C)c5ccccc5)cc4S(=O)(=O)NC(C)(C)C)s3)(CC1)CC2.S. The van der Waals surface area contributed by atoms with Crippen molar-refractivity contribution < 1.29 is 27.5 Å². The highest BCUT2D eigenvalue weighted by Crippen LogP contribution is 2.55. The molecule has 12 heteroatoms. The fourth-order valence-electron chi connectivity index (χ4n) is 6.56. The van der Waals surface area contributed by atoms with Gasteiger partial charge in [0.25, 0.3) is 0 Å². The third-order valence-corrected chi connectivity index (χ3v) is 12.0. The van der Waals surface area contributed by atoms with E-state index in [4.69, 9.17) is 14.5 Å². The lowest BCUT2D eigenvalue weighted by molar-refractivity contribution is -0.147. The van der Waals surface area contributed by atoms with Crippen LogP contribution in [0.2, 0.25) is 0 Å². The van der Waals surface area contributed by atoms with Crippen LogP contribution >= 0.6 is 24.8 Å². The van der Waals surface area contributed by atoms with Crippen LogP contribution in [-0.4, -0.2) is 42.6 Å². The van der Waals surface area contributed by atoms with Gasteiger partial charge in [-0.25, -0.2) is 22.9 Å². The summed E-state index contributed by atoms with van der Waals surface area (Å²) in [4.78, 5) is 31.0. The van der Waals surface area contributed by atoms with Gasteiger partial charge < -0.3 is 14.8 Å². The largest absolute Gasteiger partial charge is 0.458 e. The zero-order valence-corrected chi connectivity index (χ0v) is 30.6. The fraction of sp³-hybridized carbons (Fsp3) is 0.514. The van der Waals surface area contributed by atoms with Crippen LogP contribution in [-0.2, 0) is 36.1 Å². The summed E-state index contributed by atoms with van der Waals surface area (Å²) in [5.74, 6) is -0.437. The third kappa shape index (κ3) is 8.76. The molecule has 256 valence electrons. The summed E-state index contributed by atoms with van der Waals surface area (Å²) in [6, 6.07) is 14.6. The summed E-state index contributed by atoms with van der Waals surface area (Å²) in [6.45, 7) is 10.9. The number of hydrogen-bond acceptors (Lipinski definition) is 8. The number of sulfonamides is 1. The van der Waals surface area contributed by atoms with Crippen molar-refractivity contribution in [2.75, 3.05) is 0 Å². The van der Waals surface area contributed by atoms with Gasteiger partial charge in [0.15, 0.2) is 0 Å². The number of rotatable bonds is 10. The second-order valence-corrected chi connectivity index (χ2v) is 16.8. The Morgan fingerprint density at radius 3 is 2.19 bits per heavy atom. The Hall–Kier alpha value is -2.93. The van der Waals surface area contributed by atoms with E-state index in [1.165, 1.54) is 11.3 Å². The maximum atomic E-state index is 13.8. The van der Waals surface area contributed by atoms with Crippen molar-refractivity contribution in [3.05, 3.63) is 70.9 Å². The summed E-state index contributed by atoms with van der Waals surface area (Å²) in [6.07, 6.45) is 5.95. The maximum Gasteiger partial charge on any atom is 0.407 e. The van der Waals surface area contributed by atoms with Crippen molar-refractivity contribution >= 4 is 46.9 Å². The van der Waals surface area contributed by atoms with E-state index in [1.54, 1.807) is 45.2 Å². The number of nitrogens with zero attached hydrogens (tertiary/aromatic N) is 1. The Bertz CT molecular complexity index is 1660. The number of hydrogen-bond donors (Lipinski definition) is 2. The number of amides is 1. The highest BCUT2D eigenvalue weighted by Gasteiger charge is 2.51. The minimum Gasteiger partial charge on any atom is -0.458 e. The number of fused-ring (bicyclic) bond motifs is 3. The number of nitrogens with one attached hydrogen (secondary N) is 2. The van der Waals surface area contributed by atoms with Crippen molar-refractivity contribution in [2.24, 2.45) is 0 Å². The fourth-order valence-corrected chi connectivity index (χ4v) is 9.54. The van der Waals surface area contributed by atoms with E-state index in [0.29, 0.717) is 11.1 Å². The van der Waals surface area contributed by atoms with E-state index in [-0.39, 0.29) is 48.0 Å². The number of ether oxygens (including phenoxy) is 2. The van der Waals surface area contributed by atoms with Gasteiger partial charge in [0.2, 0.25) is 10.0 Å². The van der Waals surface area contributed by atoms with Gasteiger partial charge >= 0.3 is 12.1 Å². The molecule has 0 saturated heterocycles. The Labute approximate surface area is 289 Å². The van der Waals surface area contributed by atoms with Crippen LogP contribution in [0.15, 0.2) is 59.6 Å². The van der Waals surface area contributed by atoms with Crippen LogP contribution in [0, 0.1) is 0 Å². The summed E-state index contributed by atoms with van der Waals surface area (Å²) >= 11 is 1.53. The number of benzene rings is 2. The molecule has 3 saturated carbocycles. The molecule has 1 amide bonds. The van der Waals surface area contributed by atoms with Crippen LogP contribution in [0.5, 0.6) is 0 Å². The van der Waals surface area contributed by atoms with E-state index in [1.807, 2.05) is 51.1 Å². The number of carbonyl (C=O) groups is 2. The molecule has 2 aromatic carbocycles. The molecule has 6 rings (SSSR count). The van der Waals surface area contributed by atoms with Gasteiger partial charge in [-0.1, -0.05) is 42.5 Å². The lowest BCUT2D eigenvalue weighted by Crippen LogP contribution is -2.58. The predicted molar refractivity (Wildman–Crippen MR) is 190 cm³/mol. The molecule has 2 bridgehead atoms. The Morgan fingerprint density at radius 1 is 0.957 bits per heavy atom. The third-order valence-electron chi connectivity index (χ3n) is 8.88. The molecule has 2 N–H and O–H groups in total. The smallest absolute Gasteiger partial charge is 0.407 e. The van der Waals surface area contributed by atoms with E-state index < -0.39 is 27.6 Å². The van der Waals surface area contributed by atoms with Crippen molar-refractivity contribution in [1.29, 1.82) is 0 Å². The zero-order valence-electron chi connectivity index (χ0n) is 28.0. The monoisotopic (exact) mass is 701 g/mol. The topological polar surface area (TPSA) is 124 Å². The van der Waals surface area contributed by atoms with Crippen LogP contribution in [0.1, 0.15) is 102 Å². The number of carbonyl (C=O) groups excluding carboxylic acids is 2. The highest BCUT2D eigenvalue weighted by atomic mass is 32.2. The predicted octanol–water partition coefficient (Wildman–Crippen LogP) is 7.33. The number of aromatic nitrogens is 1. The molecule has 3 aliphatic rings. The zero-order chi connectivity index (χ0) is 33.3. The van der Waals surface area contributed by atoms with Gasteiger partial charge in [0.1, 0.15) is 6.10 Å². The van der Waals surface area contributed by atoms with Crippen LogP contribution in [0.25, 0.3) is 10.4 Å². The Balaban J connectivity index is 0.00000500. The summed E-state index contributed by atoms with van der Waals surface area (Å²) in [5, 5.41) is 4.14. The minimum absolute atomic E-state index is 0. The molecule has 1 aromatic heterocycles. The van der Waals surface area contributed by atoms with Gasteiger partial charge in [-0.3, -0.25) is 4.79 Å². The molecule has 3 fully saturated rings. The molecular formula is C35H47N3O6S3. The van der Waals surface area contributed by atoms with Gasteiger partial charge in [-0.05, 0) is 97.3 Å². The summed E-state index contributed by atoms with van der Waals surface area (Å²) in [7, 11) is -3.95. The van der Waals surface area contributed by atoms with E-state index in [0.717, 1.165) is 54.0 Å². The second kappa shape index (κ2) is 14.3. The van der Waals surface area contributed by atoms with Crippen molar-refractivity contribution in [3.8, 4) is 10.4 Å². The molecule has 9 nitrogen and oxygen atoms in total. The average Bonchev–Trinajstić information content (AvgIpc) is 3.48. The first kappa shape index (κ1) is 36.9. The molecule has 47 heavy (non-hydrogen) atoms. The molecule has 1 heterocycles. The van der Waals surface area contributed by atoms with Gasteiger partial charge in [-0.15, -0.1) is 11.3 Å². The normalized spacial score (nSPS) is 21.5. The first-order chi connectivity index (χ1) is 21.6. The van der Waals surface area contributed by atoms with Gasteiger partial charge in [0, 0.05) is 28.3 Å². The molecule has 0 unspecified atom stereocenters. The van der Waals surface area contributed by atoms with E-state index in [9.17, 15) is 18.0 Å². The maximum absolute atomic E-state index is 13.8. The lowest BCUT2D eigenvalue weighted by atomic mass is 9.57. The van der Waals surface area contributed by atoms with Crippen molar-refractivity contribution in [3.63, 3.8) is 0 Å². The Morgan fingerprint density at radius 2 is 1.60 bits per heavy atom. The van der Waals surface area contributed by atoms with E-state index >= 15 is 0 Å². The summed E-state index contributed by atoms with van der Waals surface area (Å²) < 4.78 is 41.4.